The van der Waals surface area contributed by atoms with Gasteiger partial charge < -0.3 is 24.3 Å². The molecular weight excluding hydrogens is 358 g/mol. The molecule has 0 aromatic heterocycles. The Balaban J connectivity index is 1.49. The molecule has 1 N–H and O–H groups in total. The molecule has 1 atom stereocenters. The third kappa shape index (κ3) is 3.76. The van der Waals surface area contributed by atoms with Crippen molar-refractivity contribution in [2.45, 2.75) is 31.9 Å². The van der Waals surface area contributed by atoms with Crippen molar-refractivity contribution in [1.82, 2.24) is 5.32 Å². The highest BCUT2D eigenvalue weighted by Crippen LogP contribution is 2.41. The number of carbonyl (C=O) groups is 1. The number of hydrogen-bond acceptors (Lipinski definition) is 5. The van der Waals surface area contributed by atoms with Crippen molar-refractivity contribution in [3.63, 3.8) is 0 Å². The van der Waals surface area contributed by atoms with Crippen molar-refractivity contribution in [2.24, 2.45) is 0 Å². The molecule has 0 unspecified atom stereocenters. The molecule has 4 rings (SSSR count). The average Bonchev–Trinajstić information content (AvgIpc) is 3.12. The van der Waals surface area contributed by atoms with Crippen molar-refractivity contribution in [2.75, 3.05) is 13.9 Å². The number of nitrogens with one attached hydrogen (secondary N) is 1. The highest BCUT2D eigenvalue weighted by molar-refractivity contribution is 5.92. The highest BCUT2D eigenvalue weighted by Gasteiger charge is 2.34. The molecule has 2 heterocycles. The second-order valence-electron chi connectivity index (χ2n) is 7.48. The average molecular weight is 381 g/mol. The van der Waals surface area contributed by atoms with Crippen molar-refractivity contribution in [3.05, 3.63) is 53.6 Å². The molecule has 2 aliphatic heterocycles. The molecule has 6 nitrogen and oxygen atoms in total. The fourth-order valence-electron chi connectivity index (χ4n) is 3.50. The van der Waals surface area contributed by atoms with Crippen molar-refractivity contribution in [3.8, 4) is 23.0 Å². The monoisotopic (exact) mass is 381 g/mol. The van der Waals surface area contributed by atoms with E-state index < -0.39 is 5.60 Å². The molecule has 2 aromatic rings. The van der Waals surface area contributed by atoms with Crippen LogP contribution < -0.4 is 24.3 Å². The molecule has 0 fully saturated rings. The van der Waals surface area contributed by atoms with E-state index in [9.17, 15) is 4.79 Å². The second kappa shape index (κ2) is 7.11. The van der Waals surface area contributed by atoms with Gasteiger partial charge in [0.15, 0.2) is 11.5 Å². The number of amides is 1. The minimum atomic E-state index is -0.391. The molecule has 2 aliphatic rings. The summed E-state index contributed by atoms with van der Waals surface area (Å²) in [5.41, 5.74) is 1.43. The minimum absolute atomic E-state index is 0.140. The van der Waals surface area contributed by atoms with E-state index in [2.05, 4.69) is 5.32 Å². The summed E-state index contributed by atoms with van der Waals surface area (Å²) in [4.78, 5) is 12.5. The van der Waals surface area contributed by atoms with Gasteiger partial charge in [0.25, 0.3) is 0 Å². The number of fused-ring (bicyclic) bond motifs is 2. The Morgan fingerprint density at radius 2 is 1.96 bits per heavy atom. The first-order chi connectivity index (χ1) is 13.4. The van der Waals surface area contributed by atoms with Crippen molar-refractivity contribution in [1.29, 1.82) is 0 Å². The highest BCUT2D eigenvalue weighted by atomic mass is 16.7. The maximum absolute atomic E-state index is 12.5. The normalized spacial score (nSPS) is 19.0. The lowest BCUT2D eigenvalue weighted by Gasteiger charge is -2.37. The summed E-state index contributed by atoms with van der Waals surface area (Å²) >= 11 is 0. The van der Waals surface area contributed by atoms with Crippen LogP contribution in [0, 0.1) is 0 Å². The van der Waals surface area contributed by atoms with E-state index in [0.29, 0.717) is 12.2 Å². The summed E-state index contributed by atoms with van der Waals surface area (Å²) in [6, 6.07) is 11.1. The zero-order chi connectivity index (χ0) is 19.7. The predicted octanol–water partition coefficient (Wildman–Crippen LogP) is 3.86. The topological polar surface area (TPSA) is 66.0 Å². The Labute approximate surface area is 164 Å². The quantitative estimate of drug-likeness (QED) is 0.815. The van der Waals surface area contributed by atoms with Gasteiger partial charge in [0.2, 0.25) is 12.7 Å². The fraction of sp³-hybridized carbons (Fsp3) is 0.318. The zero-order valence-corrected chi connectivity index (χ0v) is 16.2. The van der Waals surface area contributed by atoms with Gasteiger partial charge in [-0.15, -0.1) is 0 Å². The van der Waals surface area contributed by atoms with E-state index >= 15 is 0 Å². The van der Waals surface area contributed by atoms with Crippen LogP contribution in [0.15, 0.2) is 42.5 Å². The zero-order valence-electron chi connectivity index (χ0n) is 16.2. The lowest BCUT2D eigenvalue weighted by Crippen LogP contribution is -2.40. The van der Waals surface area contributed by atoms with Gasteiger partial charge in [0, 0.05) is 24.1 Å². The molecule has 1 amide bonds. The van der Waals surface area contributed by atoms with Crippen molar-refractivity contribution >= 4 is 12.0 Å². The van der Waals surface area contributed by atoms with E-state index in [0.717, 1.165) is 28.4 Å². The first kappa shape index (κ1) is 18.2. The number of methoxy groups -OCH3 is 1. The van der Waals surface area contributed by atoms with Crippen LogP contribution in [-0.4, -0.2) is 25.4 Å². The second-order valence-corrected chi connectivity index (χ2v) is 7.48. The molecule has 0 spiro atoms. The van der Waals surface area contributed by atoms with Crippen LogP contribution >= 0.6 is 0 Å². The van der Waals surface area contributed by atoms with Gasteiger partial charge in [0.1, 0.15) is 17.1 Å². The Hall–Kier alpha value is -3.15. The minimum Gasteiger partial charge on any atom is -0.497 e. The number of hydrogen-bond donors (Lipinski definition) is 1. The number of ether oxygens (including phenoxy) is 4. The predicted molar refractivity (Wildman–Crippen MR) is 105 cm³/mol. The molecule has 0 saturated carbocycles. The van der Waals surface area contributed by atoms with Gasteiger partial charge in [-0.1, -0.05) is 6.07 Å². The lowest BCUT2D eigenvalue weighted by atomic mass is 9.89. The molecule has 28 heavy (non-hydrogen) atoms. The third-order valence-corrected chi connectivity index (χ3v) is 4.82. The largest absolute Gasteiger partial charge is 0.497 e. The maximum atomic E-state index is 12.5. The van der Waals surface area contributed by atoms with Crippen LogP contribution in [0.25, 0.3) is 6.08 Å². The lowest BCUT2D eigenvalue weighted by molar-refractivity contribution is -0.117. The van der Waals surface area contributed by atoms with E-state index in [1.165, 1.54) is 6.08 Å². The summed E-state index contributed by atoms with van der Waals surface area (Å²) < 4.78 is 22.0. The Morgan fingerprint density at radius 3 is 2.79 bits per heavy atom. The molecular formula is C22H23NO5. The van der Waals surface area contributed by atoms with E-state index in [-0.39, 0.29) is 18.7 Å². The van der Waals surface area contributed by atoms with Crippen LogP contribution in [0.1, 0.15) is 37.4 Å². The molecule has 0 saturated heterocycles. The first-order valence-corrected chi connectivity index (χ1v) is 9.19. The SMILES string of the molecule is COc1ccc2c(c1)OC(C)(C)C[C@@H]2NC(=O)/C=C/c1ccc2c(c1)OCO2. The summed E-state index contributed by atoms with van der Waals surface area (Å²) in [5.74, 6) is 2.71. The van der Waals surface area contributed by atoms with Crippen LogP contribution in [-0.2, 0) is 4.79 Å². The standard InChI is InChI=1S/C22H23NO5/c1-22(2)12-17(16-7-6-15(25-3)11-19(16)28-22)23-21(24)9-5-14-4-8-18-20(10-14)27-13-26-18/h4-11,17H,12-13H2,1-3H3,(H,23,24)/b9-5+/t17-/m0/s1. The molecule has 6 heteroatoms. The Bertz CT molecular complexity index is 935. The van der Waals surface area contributed by atoms with Crippen LogP contribution in [0.3, 0.4) is 0 Å². The molecule has 146 valence electrons. The summed E-state index contributed by atoms with van der Waals surface area (Å²) in [6.45, 7) is 4.25. The van der Waals surface area contributed by atoms with Crippen LogP contribution in [0.4, 0.5) is 0 Å². The van der Waals surface area contributed by atoms with Gasteiger partial charge in [0.05, 0.1) is 13.2 Å². The first-order valence-electron chi connectivity index (χ1n) is 9.19. The van der Waals surface area contributed by atoms with Gasteiger partial charge in [-0.3, -0.25) is 4.79 Å². The van der Waals surface area contributed by atoms with E-state index in [1.807, 2.05) is 50.2 Å². The molecule has 0 radical (unpaired) electrons. The van der Waals surface area contributed by atoms with E-state index in [4.69, 9.17) is 18.9 Å². The summed E-state index contributed by atoms with van der Waals surface area (Å²) in [6.07, 6.45) is 3.97. The molecule has 0 bridgehead atoms. The number of benzene rings is 2. The maximum Gasteiger partial charge on any atom is 0.244 e. The Morgan fingerprint density at radius 1 is 1.14 bits per heavy atom. The van der Waals surface area contributed by atoms with Crippen molar-refractivity contribution < 1.29 is 23.7 Å². The van der Waals surface area contributed by atoms with Crippen LogP contribution in [0.2, 0.25) is 0 Å². The number of carbonyl (C=O) groups excluding carboxylic acids is 1. The van der Waals surface area contributed by atoms with Gasteiger partial charge in [-0.05, 0) is 49.8 Å². The van der Waals surface area contributed by atoms with E-state index in [1.54, 1.807) is 13.2 Å². The molecule has 0 aliphatic carbocycles. The smallest absolute Gasteiger partial charge is 0.244 e. The number of rotatable bonds is 4. The third-order valence-electron chi connectivity index (χ3n) is 4.82. The van der Waals surface area contributed by atoms with Gasteiger partial charge >= 0.3 is 0 Å². The van der Waals surface area contributed by atoms with Gasteiger partial charge in [-0.25, -0.2) is 0 Å². The van der Waals surface area contributed by atoms with Crippen LogP contribution in [0.5, 0.6) is 23.0 Å². The summed E-state index contributed by atoms with van der Waals surface area (Å²) in [7, 11) is 1.62. The molecule has 2 aromatic carbocycles. The van der Waals surface area contributed by atoms with Gasteiger partial charge in [-0.2, -0.15) is 0 Å². The fourth-order valence-corrected chi connectivity index (χ4v) is 3.50. The Kier molecular flexibility index (Phi) is 4.63. The summed E-state index contributed by atoms with van der Waals surface area (Å²) in [5, 5.41) is 3.09.